The van der Waals surface area contributed by atoms with Gasteiger partial charge in [-0.25, -0.2) is 32.0 Å². The highest BCUT2D eigenvalue weighted by atomic mass is 32.2. The summed E-state index contributed by atoms with van der Waals surface area (Å²) in [5.41, 5.74) is 1.08. The highest BCUT2D eigenvalue weighted by Gasteiger charge is 2.44. The third kappa shape index (κ3) is 6.20. The van der Waals surface area contributed by atoms with E-state index < -0.39 is 43.8 Å². The maximum Gasteiger partial charge on any atom is 0.257 e. The Bertz CT molecular complexity index is 1660. The van der Waals surface area contributed by atoms with Crippen molar-refractivity contribution in [2.45, 2.75) is 28.7 Å². The summed E-state index contributed by atoms with van der Waals surface area (Å²) in [7, 11) is -6.37. The first-order valence-electron chi connectivity index (χ1n) is 11.9. The number of primary sulfonamides is 2. The van der Waals surface area contributed by atoms with Crippen molar-refractivity contribution in [3.63, 3.8) is 0 Å². The molecular weight excluding hydrogens is 560 g/mol. The van der Waals surface area contributed by atoms with Crippen LogP contribution >= 0.6 is 0 Å². The zero-order valence-electron chi connectivity index (χ0n) is 21.3. The first kappa shape index (κ1) is 28.9. The van der Waals surface area contributed by atoms with E-state index in [1.807, 2.05) is 0 Å². The van der Waals surface area contributed by atoms with Gasteiger partial charge in [0.2, 0.25) is 26.0 Å². The first-order valence-corrected chi connectivity index (χ1v) is 15.0. The van der Waals surface area contributed by atoms with Crippen molar-refractivity contribution >= 4 is 43.5 Å². The molecule has 3 aromatic rings. The minimum Gasteiger partial charge on any atom is -0.497 e. The molecule has 1 atom stereocenters. The van der Waals surface area contributed by atoms with E-state index in [-0.39, 0.29) is 40.4 Å². The number of hydrogen-bond donors (Lipinski definition) is 2. The fourth-order valence-corrected chi connectivity index (χ4v) is 5.34. The van der Waals surface area contributed by atoms with Crippen LogP contribution in [0.15, 0.2) is 82.6 Å². The molecule has 1 fully saturated rings. The van der Waals surface area contributed by atoms with Crippen molar-refractivity contribution in [2.24, 2.45) is 10.3 Å². The molecule has 0 bridgehead atoms. The van der Waals surface area contributed by atoms with Gasteiger partial charge in [0.05, 0.1) is 29.0 Å². The molecule has 14 heteroatoms. The number of imide groups is 1. The van der Waals surface area contributed by atoms with Crippen molar-refractivity contribution < 1.29 is 36.0 Å². The van der Waals surface area contributed by atoms with Gasteiger partial charge in [0.1, 0.15) is 11.8 Å². The molecule has 4 N–H and O–H groups in total. The van der Waals surface area contributed by atoms with Gasteiger partial charge < -0.3 is 9.64 Å². The van der Waals surface area contributed by atoms with Gasteiger partial charge in [-0.3, -0.25) is 14.4 Å². The number of anilines is 1. The minimum absolute atomic E-state index is 0.0292. The quantitative estimate of drug-likeness (QED) is 0.348. The van der Waals surface area contributed by atoms with Crippen molar-refractivity contribution in [1.29, 1.82) is 0 Å². The van der Waals surface area contributed by atoms with Gasteiger partial charge in [-0.15, -0.1) is 0 Å². The number of nitrogens with zero attached hydrogens (tertiary/aromatic N) is 2. The molecule has 0 radical (unpaired) electrons. The van der Waals surface area contributed by atoms with Crippen LogP contribution in [0.2, 0.25) is 0 Å². The van der Waals surface area contributed by atoms with E-state index in [0.29, 0.717) is 11.3 Å². The number of sulfonamides is 2. The molecule has 0 aliphatic carbocycles. The Kier molecular flexibility index (Phi) is 8.07. The normalized spacial score (nSPS) is 15.8. The Morgan fingerprint density at radius 3 is 1.90 bits per heavy atom. The number of nitrogens with two attached hydrogens (primary N) is 2. The van der Waals surface area contributed by atoms with Gasteiger partial charge in [0.25, 0.3) is 11.8 Å². The van der Waals surface area contributed by atoms with E-state index in [1.165, 1.54) is 48.4 Å². The number of rotatable bonds is 9. The molecule has 40 heavy (non-hydrogen) atoms. The van der Waals surface area contributed by atoms with E-state index >= 15 is 0 Å². The lowest BCUT2D eigenvalue weighted by Crippen LogP contribution is -2.46. The van der Waals surface area contributed by atoms with Crippen LogP contribution in [0.1, 0.15) is 22.3 Å². The van der Waals surface area contributed by atoms with Crippen LogP contribution in [0.25, 0.3) is 0 Å². The Morgan fingerprint density at radius 1 is 0.875 bits per heavy atom. The predicted octanol–water partition coefficient (Wildman–Crippen LogP) is 1.01. The van der Waals surface area contributed by atoms with Gasteiger partial charge in [0, 0.05) is 12.1 Å². The van der Waals surface area contributed by atoms with Crippen LogP contribution in [0.5, 0.6) is 5.75 Å². The minimum atomic E-state index is -3.98. The van der Waals surface area contributed by atoms with Crippen LogP contribution in [0.3, 0.4) is 0 Å². The topological polar surface area (TPSA) is 187 Å². The molecule has 0 aromatic heterocycles. The molecule has 1 heterocycles. The maximum absolute atomic E-state index is 13.6. The average Bonchev–Trinajstić information content (AvgIpc) is 3.21. The first-order chi connectivity index (χ1) is 18.8. The summed E-state index contributed by atoms with van der Waals surface area (Å²) >= 11 is 0. The summed E-state index contributed by atoms with van der Waals surface area (Å²) in [4.78, 5) is 42.1. The van der Waals surface area contributed by atoms with Crippen molar-refractivity contribution in [2.75, 3.05) is 18.6 Å². The number of hydrogen-bond acceptors (Lipinski definition) is 8. The molecule has 3 amide bonds. The second-order valence-electron chi connectivity index (χ2n) is 8.99. The molecule has 1 saturated heterocycles. The van der Waals surface area contributed by atoms with Crippen LogP contribution in [-0.2, 0) is 36.1 Å². The molecule has 12 nitrogen and oxygen atoms in total. The van der Waals surface area contributed by atoms with Crippen LogP contribution in [-0.4, -0.2) is 59.2 Å². The summed E-state index contributed by atoms with van der Waals surface area (Å²) in [5.74, 6) is -1.19. The Balaban J connectivity index is 1.63. The molecule has 0 saturated carbocycles. The van der Waals surface area contributed by atoms with Gasteiger partial charge in [-0.1, -0.05) is 12.1 Å². The summed E-state index contributed by atoms with van der Waals surface area (Å²) in [6.45, 7) is 0.0292. The van der Waals surface area contributed by atoms with Crippen LogP contribution < -0.4 is 19.9 Å². The Morgan fingerprint density at radius 2 is 1.40 bits per heavy atom. The smallest absolute Gasteiger partial charge is 0.257 e. The number of amides is 3. The van der Waals surface area contributed by atoms with E-state index in [2.05, 4.69) is 0 Å². The Hall–Kier alpha value is -4.11. The third-order valence-corrected chi connectivity index (χ3v) is 8.27. The number of carbonyl (C=O) groups is 3. The SMILES string of the molecule is COc1ccc(C(=O)N(CCc2ccc(S(N)(=O)=O)cc2)C2CC(=O)N(c3ccc(S(N)(=O)=O)cc3)C2=O)cc1. The van der Waals surface area contributed by atoms with Gasteiger partial charge in [-0.05, 0) is 72.6 Å². The third-order valence-electron chi connectivity index (χ3n) is 6.41. The van der Waals surface area contributed by atoms with Crippen molar-refractivity contribution in [3.05, 3.63) is 83.9 Å². The van der Waals surface area contributed by atoms with Crippen molar-refractivity contribution in [1.82, 2.24) is 4.90 Å². The number of benzene rings is 3. The second kappa shape index (κ2) is 11.2. The zero-order valence-corrected chi connectivity index (χ0v) is 22.9. The highest BCUT2D eigenvalue weighted by molar-refractivity contribution is 7.89. The number of ether oxygens (including phenoxy) is 1. The molecule has 0 spiro atoms. The molecule has 1 unspecified atom stereocenters. The lowest BCUT2D eigenvalue weighted by Gasteiger charge is -2.28. The number of methoxy groups -OCH3 is 1. The maximum atomic E-state index is 13.6. The second-order valence-corrected chi connectivity index (χ2v) is 12.1. The molecule has 3 aromatic carbocycles. The predicted molar refractivity (Wildman–Crippen MR) is 144 cm³/mol. The molecule has 4 rings (SSSR count). The van der Waals surface area contributed by atoms with E-state index in [0.717, 1.165) is 4.90 Å². The van der Waals surface area contributed by atoms with Gasteiger partial charge in [0.15, 0.2) is 0 Å². The van der Waals surface area contributed by atoms with E-state index in [1.54, 1.807) is 36.4 Å². The summed E-state index contributed by atoms with van der Waals surface area (Å²) in [6, 6.07) is 15.9. The lowest BCUT2D eigenvalue weighted by atomic mass is 10.1. The highest BCUT2D eigenvalue weighted by Crippen LogP contribution is 2.28. The molecule has 1 aliphatic heterocycles. The fraction of sp³-hybridized carbons (Fsp3) is 0.192. The monoisotopic (exact) mass is 586 g/mol. The van der Waals surface area contributed by atoms with Gasteiger partial charge in [-0.2, -0.15) is 0 Å². The van der Waals surface area contributed by atoms with Crippen LogP contribution in [0, 0.1) is 0 Å². The van der Waals surface area contributed by atoms with E-state index in [4.69, 9.17) is 15.0 Å². The van der Waals surface area contributed by atoms with Crippen molar-refractivity contribution in [3.8, 4) is 5.75 Å². The summed E-state index contributed by atoms with van der Waals surface area (Å²) < 4.78 is 51.4. The van der Waals surface area contributed by atoms with E-state index in [9.17, 15) is 31.2 Å². The average molecular weight is 587 g/mol. The van der Waals surface area contributed by atoms with Gasteiger partial charge >= 0.3 is 0 Å². The largest absolute Gasteiger partial charge is 0.497 e. The Labute approximate surface area is 231 Å². The molecule has 1 aliphatic rings. The summed E-state index contributed by atoms with van der Waals surface area (Å²) in [6.07, 6.45) is -0.0458. The molecular formula is C26H26N4O8S2. The fourth-order valence-electron chi connectivity index (χ4n) is 4.31. The molecule has 210 valence electrons. The van der Waals surface area contributed by atoms with Crippen LogP contribution in [0.4, 0.5) is 5.69 Å². The summed E-state index contributed by atoms with van der Waals surface area (Å²) in [5, 5.41) is 10.3. The lowest BCUT2D eigenvalue weighted by molar-refractivity contribution is -0.122. The number of carbonyl (C=O) groups excluding carboxylic acids is 3. The standard InChI is InChI=1S/C26H26N4O8S2/c1-38-20-8-4-18(5-9-20)25(32)29(15-14-17-2-10-21(11-3-17)39(27,34)35)23-16-24(31)30(26(23)33)19-6-12-22(13-7-19)40(28,36)37/h2-13,23H,14-16H2,1H3,(H2,27,34,35)(H2,28,36,37). The zero-order chi connectivity index (χ0) is 29.2.